The van der Waals surface area contributed by atoms with Gasteiger partial charge in [0.1, 0.15) is 0 Å². The Morgan fingerprint density at radius 1 is 1.50 bits per heavy atom. The number of halogens is 1. The van der Waals surface area contributed by atoms with Gasteiger partial charge in [0.25, 0.3) is 0 Å². The molecule has 3 nitrogen and oxygen atoms in total. The minimum atomic E-state index is 0.425. The molecule has 0 aliphatic rings. The van der Waals surface area contributed by atoms with Crippen LogP contribution >= 0.6 is 11.6 Å². The Morgan fingerprint density at radius 3 is 3.00 bits per heavy atom. The highest BCUT2D eigenvalue weighted by atomic mass is 35.5. The molecule has 0 spiro atoms. The number of hydrogen-bond donors (Lipinski definition) is 0. The third kappa shape index (κ3) is 1.77. The van der Waals surface area contributed by atoms with E-state index in [4.69, 9.17) is 11.6 Å². The molecule has 0 aliphatic heterocycles. The highest BCUT2D eigenvalue weighted by molar-refractivity contribution is 6.16. The van der Waals surface area contributed by atoms with Gasteiger partial charge in [-0.25, -0.2) is 4.68 Å². The van der Waals surface area contributed by atoms with E-state index in [2.05, 4.69) is 10.1 Å². The summed E-state index contributed by atoms with van der Waals surface area (Å²) in [6.45, 7) is 2.01. The summed E-state index contributed by atoms with van der Waals surface area (Å²) in [5, 5.41) is 4.21. The molecule has 0 unspecified atom stereocenters. The van der Waals surface area contributed by atoms with Crippen molar-refractivity contribution in [1.29, 1.82) is 0 Å². The number of rotatable bonds is 2. The molecule has 14 heavy (non-hydrogen) atoms. The molecule has 0 aliphatic carbocycles. The largest absolute Gasteiger partial charge is 0.260 e. The van der Waals surface area contributed by atoms with E-state index < -0.39 is 0 Å². The predicted molar refractivity (Wildman–Crippen MR) is 55.7 cm³/mol. The minimum Gasteiger partial charge on any atom is -0.260 e. The number of hydrogen-bond acceptors (Lipinski definition) is 2. The van der Waals surface area contributed by atoms with Crippen LogP contribution < -0.4 is 0 Å². The van der Waals surface area contributed by atoms with Crippen LogP contribution in [0.4, 0.5) is 0 Å². The van der Waals surface area contributed by atoms with Crippen LogP contribution in [0.15, 0.2) is 30.7 Å². The SMILES string of the molecule is Cc1cnn(-c2ccnc(CCl)c2)c1. The van der Waals surface area contributed by atoms with E-state index in [9.17, 15) is 0 Å². The predicted octanol–water partition coefficient (Wildman–Crippen LogP) is 2.31. The molecule has 4 heteroatoms. The van der Waals surface area contributed by atoms with Crippen LogP contribution in [0.3, 0.4) is 0 Å². The number of nitrogens with zero attached hydrogens (tertiary/aromatic N) is 3. The molecule has 0 amide bonds. The van der Waals surface area contributed by atoms with Gasteiger partial charge >= 0.3 is 0 Å². The van der Waals surface area contributed by atoms with Gasteiger partial charge in [-0.1, -0.05) is 0 Å². The fourth-order valence-electron chi connectivity index (χ4n) is 1.24. The summed E-state index contributed by atoms with van der Waals surface area (Å²) in [4.78, 5) is 4.12. The fourth-order valence-corrected chi connectivity index (χ4v) is 1.38. The Balaban J connectivity index is 2.41. The molecule has 2 heterocycles. The lowest BCUT2D eigenvalue weighted by Crippen LogP contribution is -1.96. The minimum absolute atomic E-state index is 0.425. The molecule has 2 aromatic heterocycles. The lowest BCUT2D eigenvalue weighted by molar-refractivity contribution is 0.873. The zero-order chi connectivity index (χ0) is 9.97. The van der Waals surface area contributed by atoms with Crippen molar-refractivity contribution in [1.82, 2.24) is 14.8 Å². The molecular formula is C10H10ClN3. The molecule has 0 N–H and O–H groups in total. The second-order valence-electron chi connectivity index (χ2n) is 3.10. The van der Waals surface area contributed by atoms with Crippen molar-refractivity contribution in [3.63, 3.8) is 0 Å². The molecule has 72 valence electrons. The first kappa shape index (κ1) is 9.21. The van der Waals surface area contributed by atoms with Crippen molar-refractivity contribution in [2.45, 2.75) is 12.8 Å². The summed E-state index contributed by atoms with van der Waals surface area (Å²) in [6.07, 6.45) is 5.53. The normalized spacial score (nSPS) is 10.4. The summed E-state index contributed by atoms with van der Waals surface area (Å²) < 4.78 is 1.81. The second kappa shape index (κ2) is 3.80. The Hall–Kier alpha value is -1.35. The van der Waals surface area contributed by atoms with E-state index in [1.54, 1.807) is 6.20 Å². The molecular weight excluding hydrogens is 198 g/mol. The monoisotopic (exact) mass is 207 g/mol. The maximum Gasteiger partial charge on any atom is 0.0679 e. The summed E-state index contributed by atoms with van der Waals surface area (Å²) in [5.41, 5.74) is 2.98. The average Bonchev–Trinajstić information content (AvgIpc) is 2.65. The molecule has 0 saturated carbocycles. The van der Waals surface area contributed by atoms with Gasteiger partial charge in [0.15, 0.2) is 0 Å². The molecule has 0 aromatic carbocycles. The van der Waals surface area contributed by atoms with Gasteiger partial charge in [-0.3, -0.25) is 4.98 Å². The highest BCUT2D eigenvalue weighted by Crippen LogP contribution is 2.09. The van der Waals surface area contributed by atoms with Crippen LogP contribution in [-0.4, -0.2) is 14.8 Å². The third-order valence-corrected chi connectivity index (χ3v) is 2.19. The van der Waals surface area contributed by atoms with Gasteiger partial charge in [-0.2, -0.15) is 5.10 Å². The Morgan fingerprint density at radius 2 is 2.36 bits per heavy atom. The molecule has 2 aromatic rings. The molecule has 0 bridgehead atoms. The van der Waals surface area contributed by atoms with Crippen LogP contribution in [0.25, 0.3) is 5.69 Å². The van der Waals surface area contributed by atoms with Crippen LogP contribution in [0.5, 0.6) is 0 Å². The summed E-state index contributed by atoms with van der Waals surface area (Å²) in [5.74, 6) is 0.425. The fraction of sp³-hybridized carbons (Fsp3) is 0.200. The zero-order valence-electron chi connectivity index (χ0n) is 7.81. The highest BCUT2D eigenvalue weighted by Gasteiger charge is 1.99. The smallest absolute Gasteiger partial charge is 0.0679 e. The standard InChI is InChI=1S/C10H10ClN3/c1-8-6-13-14(7-8)10-2-3-12-9(4-10)5-11/h2-4,6-7H,5H2,1H3. The van der Waals surface area contributed by atoms with E-state index in [1.807, 2.05) is 36.1 Å². The topological polar surface area (TPSA) is 30.7 Å². The third-order valence-electron chi connectivity index (χ3n) is 1.91. The number of aryl methyl sites for hydroxylation is 1. The van der Waals surface area contributed by atoms with Crippen molar-refractivity contribution in [2.24, 2.45) is 0 Å². The number of alkyl halides is 1. The van der Waals surface area contributed by atoms with E-state index in [0.717, 1.165) is 16.9 Å². The van der Waals surface area contributed by atoms with E-state index >= 15 is 0 Å². The van der Waals surface area contributed by atoms with E-state index in [1.165, 1.54) is 0 Å². The first-order valence-electron chi connectivity index (χ1n) is 4.32. The maximum absolute atomic E-state index is 5.70. The van der Waals surface area contributed by atoms with Crippen molar-refractivity contribution in [3.05, 3.63) is 42.0 Å². The van der Waals surface area contributed by atoms with E-state index in [0.29, 0.717) is 5.88 Å². The average molecular weight is 208 g/mol. The quantitative estimate of drug-likeness (QED) is 0.708. The summed E-state index contributed by atoms with van der Waals surface area (Å²) >= 11 is 5.70. The Bertz CT molecular complexity index is 436. The van der Waals surface area contributed by atoms with Crippen molar-refractivity contribution < 1.29 is 0 Å². The lowest BCUT2D eigenvalue weighted by Gasteiger charge is -2.01. The Labute approximate surface area is 87.3 Å². The van der Waals surface area contributed by atoms with Crippen LogP contribution in [0, 0.1) is 6.92 Å². The van der Waals surface area contributed by atoms with Gasteiger partial charge < -0.3 is 0 Å². The molecule has 0 atom stereocenters. The van der Waals surface area contributed by atoms with Gasteiger partial charge in [0.2, 0.25) is 0 Å². The molecule has 0 radical (unpaired) electrons. The van der Waals surface area contributed by atoms with Crippen LogP contribution in [0.1, 0.15) is 11.3 Å². The summed E-state index contributed by atoms with van der Waals surface area (Å²) in [7, 11) is 0. The first-order chi connectivity index (χ1) is 6.79. The van der Waals surface area contributed by atoms with E-state index in [-0.39, 0.29) is 0 Å². The maximum atomic E-state index is 5.70. The van der Waals surface area contributed by atoms with Gasteiger partial charge in [-0.05, 0) is 24.6 Å². The first-order valence-corrected chi connectivity index (χ1v) is 4.85. The van der Waals surface area contributed by atoms with Gasteiger partial charge in [0, 0.05) is 12.4 Å². The zero-order valence-corrected chi connectivity index (χ0v) is 8.57. The van der Waals surface area contributed by atoms with Gasteiger partial charge in [-0.15, -0.1) is 11.6 Å². The summed E-state index contributed by atoms with van der Waals surface area (Å²) in [6, 6.07) is 3.84. The van der Waals surface area contributed by atoms with Crippen molar-refractivity contribution in [3.8, 4) is 5.69 Å². The second-order valence-corrected chi connectivity index (χ2v) is 3.37. The van der Waals surface area contributed by atoms with Crippen molar-refractivity contribution in [2.75, 3.05) is 0 Å². The van der Waals surface area contributed by atoms with Gasteiger partial charge in [0.05, 0.1) is 23.5 Å². The molecule has 0 saturated heterocycles. The number of pyridine rings is 1. The molecule has 2 rings (SSSR count). The lowest BCUT2D eigenvalue weighted by atomic mass is 10.3. The van der Waals surface area contributed by atoms with Crippen molar-refractivity contribution >= 4 is 11.6 Å². The Kier molecular flexibility index (Phi) is 2.50. The number of aromatic nitrogens is 3. The molecule has 0 fully saturated rings. The van der Waals surface area contributed by atoms with Crippen LogP contribution in [0.2, 0.25) is 0 Å². The van der Waals surface area contributed by atoms with Crippen LogP contribution in [-0.2, 0) is 5.88 Å².